The molecular formula is C16H18BrNO3. The van der Waals surface area contributed by atoms with Gasteiger partial charge in [-0.15, -0.1) is 0 Å². The van der Waals surface area contributed by atoms with E-state index in [4.69, 9.17) is 14.2 Å². The van der Waals surface area contributed by atoms with Gasteiger partial charge in [0.2, 0.25) is 0 Å². The van der Waals surface area contributed by atoms with Crippen LogP contribution in [0.3, 0.4) is 0 Å². The molecule has 5 heteroatoms. The van der Waals surface area contributed by atoms with E-state index < -0.39 is 0 Å². The molecule has 0 radical (unpaired) electrons. The lowest BCUT2D eigenvalue weighted by molar-refractivity contribution is 0.404. The first-order valence-electron chi connectivity index (χ1n) is 6.46. The molecule has 0 unspecified atom stereocenters. The molecule has 0 fully saturated rings. The molecule has 112 valence electrons. The first-order valence-corrected chi connectivity index (χ1v) is 7.25. The Morgan fingerprint density at radius 1 is 0.905 bits per heavy atom. The lowest BCUT2D eigenvalue weighted by Crippen LogP contribution is -2.02. The minimum Gasteiger partial charge on any atom is -0.497 e. The molecular weight excluding hydrogens is 334 g/mol. The van der Waals surface area contributed by atoms with E-state index >= 15 is 0 Å². The van der Waals surface area contributed by atoms with Gasteiger partial charge in [0, 0.05) is 12.6 Å². The SMILES string of the molecule is COc1ccc(OC)c(NCc2ccc(OC)c(Br)c2)c1. The Morgan fingerprint density at radius 3 is 2.24 bits per heavy atom. The largest absolute Gasteiger partial charge is 0.497 e. The van der Waals surface area contributed by atoms with Crippen molar-refractivity contribution < 1.29 is 14.2 Å². The zero-order chi connectivity index (χ0) is 15.2. The highest BCUT2D eigenvalue weighted by Crippen LogP contribution is 2.30. The Bertz CT molecular complexity index is 616. The normalized spacial score (nSPS) is 10.1. The molecule has 2 aromatic carbocycles. The number of anilines is 1. The van der Waals surface area contributed by atoms with Crippen molar-refractivity contribution in [3.63, 3.8) is 0 Å². The third-order valence-corrected chi connectivity index (χ3v) is 3.73. The lowest BCUT2D eigenvalue weighted by Gasteiger charge is -2.13. The molecule has 0 aliphatic heterocycles. The predicted molar refractivity (Wildman–Crippen MR) is 87.6 cm³/mol. The molecule has 0 amide bonds. The van der Waals surface area contributed by atoms with Crippen LogP contribution in [0.2, 0.25) is 0 Å². The van der Waals surface area contributed by atoms with Crippen LogP contribution in [0.4, 0.5) is 5.69 Å². The van der Waals surface area contributed by atoms with E-state index in [2.05, 4.69) is 21.2 Å². The molecule has 0 aromatic heterocycles. The number of rotatable bonds is 6. The third-order valence-electron chi connectivity index (χ3n) is 3.11. The topological polar surface area (TPSA) is 39.7 Å². The summed E-state index contributed by atoms with van der Waals surface area (Å²) in [5, 5.41) is 3.35. The van der Waals surface area contributed by atoms with Crippen molar-refractivity contribution in [3.05, 3.63) is 46.4 Å². The molecule has 0 saturated carbocycles. The van der Waals surface area contributed by atoms with Crippen LogP contribution in [0, 0.1) is 0 Å². The van der Waals surface area contributed by atoms with Gasteiger partial charge < -0.3 is 19.5 Å². The maximum atomic E-state index is 5.35. The van der Waals surface area contributed by atoms with E-state index in [0.717, 1.165) is 33.0 Å². The average Bonchev–Trinajstić information content (AvgIpc) is 2.52. The van der Waals surface area contributed by atoms with Gasteiger partial charge in [-0.25, -0.2) is 0 Å². The van der Waals surface area contributed by atoms with E-state index in [1.54, 1.807) is 21.3 Å². The van der Waals surface area contributed by atoms with Gasteiger partial charge in [0.15, 0.2) is 0 Å². The van der Waals surface area contributed by atoms with Gasteiger partial charge >= 0.3 is 0 Å². The second-order valence-electron chi connectivity index (χ2n) is 4.39. The van der Waals surface area contributed by atoms with Crippen molar-refractivity contribution in [3.8, 4) is 17.2 Å². The Kier molecular flexibility index (Phi) is 5.33. The zero-order valence-corrected chi connectivity index (χ0v) is 13.9. The standard InChI is InChI=1S/C16H18BrNO3/c1-19-12-5-7-16(21-3)14(9-12)18-10-11-4-6-15(20-2)13(17)8-11/h4-9,18H,10H2,1-3H3. The number of hydrogen-bond donors (Lipinski definition) is 1. The van der Waals surface area contributed by atoms with E-state index in [-0.39, 0.29) is 0 Å². The quantitative estimate of drug-likeness (QED) is 0.850. The Labute approximate surface area is 133 Å². The fraction of sp³-hybridized carbons (Fsp3) is 0.250. The number of halogens is 1. The lowest BCUT2D eigenvalue weighted by atomic mass is 10.2. The first kappa shape index (κ1) is 15.5. The molecule has 0 aliphatic carbocycles. The highest BCUT2D eigenvalue weighted by molar-refractivity contribution is 9.10. The second-order valence-corrected chi connectivity index (χ2v) is 5.24. The summed E-state index contributed by atoms with van der Waals surface area (Å²) in [6.45, 7) is 0.673. The van der Waals surface area contributed by atoms with Crippen LogP contribution < -0.4 is 19.5 Å². The van der Waals surface area contributed by atoms with Gasteiger partial charge in [-0.1, -0.05) is 6.07 Å². The highest BCUT2D eigenvalue weighted by atomic mass is 79.9. The molecule has 0 aliphatic rings. The molecule has 0 bridgehead atoms. The molecule has 1 N–H and O–H groups in total. The van der Waals surface area contributed by atoms with Crippen LogP contribution in [0.15, 0.2) is 40.9 Å². The van der Waals surface area contributed by atoms with Crippen LogP contribution in [-0.2, 0) is 6.54 Å². The number of benzene rings is 2. The van der Waals surface area contributed by atoms with Crippen molar-refractivity contribution in [1.29, 1.82) is 0 Å². The van der Waals surface area contributed by atoms with Crippen LogP contribution in [0.25, 0.3) is 0 Å². The third kappa shape index (κ3) is 3.82. The molecule has 0 atom stereocenters. The molecule has 0 saturated heterocycles. The van der Waals surface area contributed by atoms with Gasteiger partial charge in [0.05, 0.1) is 31.5 Å². The number of nitrogens with one attached hydrogen (secondary N) is 1. The maximum Gasteiger partial charge on any atom is 0.142 e. The van der Waals surface area contributed by atoms with Crippen molar-refractivity contribution in [2.24, 2.45) is 0 Å². The van der Waals surface area contributed by atoms with Gasteiger partial charge in [0.25, 0.3) is 0 Å². The van der Waals surface area contributed by atoms with E-state index in [1.807, 2.05) is 36.4 Å². The van der Waals surface area contributed by atoms with E-state index in [9.17, 15) is 0 Å². The minimum atomic E-state index is 0.673. The summed E-state index contributed by atoms with van der Waals surface area (Å²) in [4.78, 5) is 0. The van der Waals surface area contributed by atoms with Crippen molar-refractivity contribution in [1.82, 2.24) is 0 Å². The Hall–Kier alpha value is -1.88. The summed E-state index contributed by atoms with van der Waals surface area (Å²) in [6, 6.07) is 11.6. The van der Waals surface area contributed by atoms with Gasteiger partial charge in [-0.05, 0) is 45.8 Å². The maximum absolute atomic E-state index is 5.35. The summed E-state index contributed by atoms with van der Waals surface area (Å²) in [6.07, 6.45) is 0. The Morgan fingerprint density at radius 2 is 1.62 bits per heavy atom. The van der Waals surface area contributed by atoms with Crippen molar-refractivity contribution in [2.45, 2.75) is 6.54 Å². The molecule has 0 spiro atoms. The van der Waals surface area contributed by atoms with Crippen LogP contribution in [0.5, 0.6) is 17.2 Å². The van der Waals surface area contributed by atoms with Crippen LogP contribution in [-0.4, -0.2) is 21.3 Å². The van der Waals surface area contributed by atoms with Gasteiger partial charge in [-0.2, -0.15) is 0 Å². The summed E-state index contributed by atoms with van der Waals surface area (Å²) in [5.74, 6) is 2.38. The Balaban J connectivity index is 2.13. The summed E-state index contributed by atoms with van der Waals surface area (Å²) in [7, 11) is 4.95. The van der Waals surface area contributed by atoms with E-state index in [1.165, 1.54) is 0 Å². The van der Waals surface area contributed by atoms with Gasteiger partial charge in [-0.3, -0.25) is 0 Å². The fourth-order valence-corrected chi connectivity index (χ4v) is 2.56. The summed E-state index contributed by atoms with van der Waals surface area (Å²) >= 11 is 3.49. The summed E-state index contributed by atoms with van der Waals surface area (Å²) in [5.41, 5.74) is 2.02. The minimum absolute atomic E-state index is 0.673. The average molecular weight is 352 g/mol. The molecule has 4 nitrogen and oxygen atoms in total. The first-order chi connectivity index (χ1) is 10.2. The monoisotopic (exact) mass is 351 g/mol. The molecule has 2 aromatic rings. The number of methoxy groups -OCH3 is 3. The molecule has 21 heavy (non-hydrogen) atoms. The van der Waals surface area contributed by atoms with E-state index in [0.29, 0.717) is 6.54 Å². The van der Waals surface area contributed by atoms with Crippen LogP contribution in [0.1, 0.15) is 5.56 Å². The van der Waals surface area contributed by atoms with Crippen molar-refractivity contribution in [2.75, 3.05) is 26.6 Å². The van der Waals surface area contributed by atoms with Gasteiger partial charge in [0.1, 0.15) is 17.2 Å². The fourth-order valence-electron chi connectivity index (χ4n) is 1.97. The highest BCUT2D eigenvalue weighted by Gasteiger charge is 2.06. The molecule has 0 heterocycles. The number of hydrogen-bond acceptors (Lipinski definition) is 4. The number of ether oxygens (including phenoxy) is 3. The predicted octanol–water partition coefficient (Wildman–Crippen LogP) is 4.09. The second kappa shape index (κ2) is 7.22. The smallest absolute Gasteiger partial charge is 0.142 e. The summed E-state index contributed by atoms with van der Waals surface area (Å²) < 4.78 is 16.7. The van der Waals surface area contributed by atoms with Crippen molar-refractivity contribution >= 4 is 21.6 Å². The zero-order valence-electron chi connectivity index (χ0n) is 12.3. The van der Waals surface area contributed by atoms with Crippen LogP contribution >= 0.6 is 15.9 Å². The molecule has 2 rings (SSSR count).